The van der Waals surface area contributed by atoms with Gasteiger partial charge in [-0.05, 0) is 38.1 Å². The van der Waals surface area contributed by atoms with Gasteiger partial charge in [-0.1, -0.05) is 11.8 Å². The standard InChI is InChI=1S/C16H19N3OS/c1-12(2)19-10-4-6-15(19)16(20)18-11-14-8-7-13(21-14)5-3-9-17/h4,6-8,10,12H,9,11,17H2,1-2H3,(H,18,20). The molecule has 0 saturated heterocycles. The maximum absolute atomic E-state index is 12.2. The molecule has 0 atom stereocenters. The Bertz CT molecular complexity index is 673. The highest BCUT2D eigenvalue weighted by molar-refractivity contribution is 7.12. The van der Waals surface area contributed by atoms with Gasteiger partial charge in [-0.25, -0.2) is 0 Å². The molecule has 1 amide bonds. The molecule has 0 bridgehead atoms. The Balaban J connectivity index is 1.98. The van der Waals surface area contributed by atoms with Crippen molar-refractivity contribution in [3.63, 3.8) is 0 Å². The van der Waals surface area contributed by atoms with E-state index in [2.05, 4.69) is 31.0 Å². The van der Waals surface area contributed by atoms with Crippen LogP contribution in [0.5, 0.6) is 0 Å². The number of aromatic nitrogens is 1. The quantitative estimate of drug-likeness (QED) is 0.852. The number of carbonyl (C=O) groups is 1. The maximum atomic E-state index is 12.2. The second kappa shape index (κ2) is 7.11. The second-order valence-corrected chi connectivity index (χ2v) is 6.02. The summed E-state index contributed by atoms with van der Waals surface area (Å²) in [4.78, 5) is 14.3. The Morgan fingerprint density at radius 3 is 2.95 bits per heavy atom. The molecule has 21 heavy (non-hydrogen) atoms. The van der Waals surface area contributed by atoms with Gasteiger partial charge in [-0.15, -0.1) is 11.3 Å². The molecule has 0 aliphatic heterocycles. The van der Waals surface area contributed by atoms with E-state index >= 15 is 0 Å². The van der Waals surface area contributed by atoms with Crippen molar-refractivity contribution in [2.45, 2.75) is 26.4 Å². The van der Waals surface area contributed by atoms with Crippen LogP contribution in [0.15, 0.2) is 30.5 Å². The molecule has 4 nitrogen and oxygen atoms in total. The summed E-state index contributed by atoms with van der Waals surface area (Å²) >= 11 is 1.57. The highest BCUT2D eigenvalue weighted by Crippen LogP contribution is 2.16. The minimum atomic E-state index is -0.0586. The number of hydrogen-bond acceptors (Lipinski definition) is 3. The molecule has 0 spiro atoms. The van der Waals surface area contributed by atoms with Crippen molar-refractivity contribution < 1.29 is 4.79 Å². The van der Waals surface area contributed by atoms with Crippen LogP contribution >= 0.6 is 11.3 Å². The molecule has 0 fully saturated rings. The summed E-state index contributed by atoms with van der Waals surface area (Å²) in [6.07, 6.45) is 1.92. The van der Waals surface area contributed by atoms with E-state index < -0.39 is 0 Å². The average Bonchev–Trinajstić information content (AvgIpc) is 3.11. The Morgan fingerprint density at radius 2 is 2.24 bits per heavy atom. The van der Waals surface area contributed by atoms with Gasteiger partial charge in [-0.2, -0.15) is 0 Å². The van der Waals surface area contributed by atoms with Gasteiger partial charge in [0.15, 0.2) is 0 Å². The summed E-state index contributed by atoms with van der Waals surface area (Å²) < 4.78 is 1.96. The maximum Gasteiger partial charge on any atom is 0.268 e. The molecular formula is C16H19N3OS. The fourth-order valence-electron chi connectivity index (χ4n) is 1.97. The van der Waals surface area contributed by atoms with Crippen LogP contribution in [0.3, 0.4) is 0 Å². The Hall–Kier alpha value is -2.03. The molecule has 0 aliphatic carbocycles. The zero-order chi connectivity index (χ0) is 15.2. The third-order valence-corrected chi connectivity index (χ3v) is 3.97. The summed E-state index contributed by atoms with van der Waals surface area (Å²) in [5.74, 6) is 5.75. The van der Waals surface area contributed by atoms with Crippen LogP contribution in [-0.2, 0) is 6.54 Å². The van der Waals surface area contributed by atoms with E-state index in [1.807, 2.05) is 35.0 Å². The largest absolute Gasteiger partial charge is 0.346 e. The topological polar surface area (TPSA) is 60.0 Å². The predicted molar refractivity (Wildman–Crippen MR) is 86.2 cm³/mol. The summed E-state index contributed by atoms with van der Waals surface area (Å²) in [6.45, 7) is 4.98. The number of nitrogens with one attached hydrogen (secondary N) is 1. The van der Waals surface area contributed by atoms with Gasteiger partial charge in [0.1, 0.15) is 5.69 Å². The first kappa shape index (κ1) is 15.4. The Morgan fingerprint density at radius 1 is 1.43 bits per heavy atom. The monoisotopic (exact) mass is 301 g/mol. The number of rotatable bonds is 4. The number of amides is 1. The van der Waals surface area contributed by atoms with Crippen molar-refractivity contribution in [2.24, 2.45) is 5.73 Å². The number of carbonyl (C=O) groups excluding carboxylic acids is 1. The van der Waals surface area contributed by atoms with Gasteiger partial charge in [-0.3, -0.25) is 4.79 Å². The van der Waals surface area contributed by atoms with Gasteiger partial charge in [0.25, 0.3) is 5.91 Å². The molecule has 0 aromatic carbocycles. The minimum Gasteiger partial charge on any atom is -0.346 e. The van der Waals surface area contributed by atoms with Crippen LogP contribution in [0, 0.1) is 11.8 Å². The van der Waals surface area contributed by atoms with Gasteiger partial charge in [0.2, 0.25) is 0 Å². The fraction of sp³-hybridized carbons (Fsp3) is 0.312. The summed E-state index contributed by atoms with van der Waals surface area (Å²) in [7, 11) is 0. The third kappa shape index (κ3) is 3.97. The fourth-order valence-corrected chi connectivity index (χ4v) is 2.79. The lowest BCUT2D eigenvalue weighted by Gasteiger charge is -2.12. The molecule has 0 aliphatic rings. The number of thiophene rings is 1. The highest BCUT2D eigenvalue weighted by atomic mass is 32.1. The van der Waals surface area contributed by atoms with Crippen molar-refractivity contribution in [1.29, 1.82) is 0 Å². The Kier molecular flexibility index (Phi) is 5.20. The molecule has 0 saturated carbocycles. The van der Waals surface area contributed by atoms with Gasteiger partial charge in [0.05, 0.1) is 18.0 Å². The molecule has 5 heteroatoms. The van der Waals surface area contributed by atoms with Crippen molar-refractivity contribution >= 4 is 17.2 Å². The zero-order valence-corrected chi connectivity index (χ0v) is 13.0. The van der Waals surface area contributed by atoms with E-state index in [1.165, 1.54) is 0 Å². The lowest BCUT2D eigenvalue weighted by atomic mass is 10.3. The number of nitrogens with two attached hydrogens (primary N) is 1. The van der Waals surface area contributed by atoms with Crippen LogP contribution in [0.4, 0.5) is 0 Å². The lowest BCUT2D eigenvalue weighted by molar-refractivity contribution is 0.0940. The average molecular weight is 301 g/mol. The van der Waals surface area contributed by atoms with E-state index in [1.54, 1.807) is 11.3 Å². The van der Waals surface area contributed by atoms with E-state index in [0.29, 0.717) is 18.8 Å². The second-order valence-electron chi connectivity index (χ2n) is 4.85. The minimum absolute atomic E-state index is 0.0586. The first-order chi connectivity index (χ1) is 10.1. The molecule has 2 aromatic heterocycles. The van der Waals surface area contributed by atoms with E-state index in [9.17, 15) is 4.79 Å². The molecular weight excluding hydrogens is 282 g/mol. The Labute approximate surface area is 129 Å². The molecule has 0 unspecified atom stereocenters. The van der Waals surface area contributed by atoms with Gasteiger partial charge < -0.3 is 15.6 Å². The van der Waals surface area contributed by atoms with Crippen LogP contribution in [-0.4, -0.2) is 17.0 Å². The molecule has 2 aromatic rings. The molecule has 110 valence electrons. The SMILES string of the molecule is CC(C)n1cccc1C(=O)NCc1ccc(C#CCN)s1. The summed E-state index contributed by atoms with van der Waals surface area (Å²) in [5.41, 5.74) is 6.03. The summed E-state index contributed by atoms with van der Waals surface area (Å²) in [5, 5.41) is 2.94. The molecule has 0 radical (unpaired) electrons. The molecule has 2 heterocycles. The highest BCUT2D eigenvalue weighted by Gasteiger charge is 2.12. The lowest BCUT2D eigenvalue weighted by Crippen LogP contribution is -2.25. The van der Waals surface area contributed by atoms with Crippen molar-refractivity contribution in [3.05, 3.63) is 45.9 Å². The normalized spacial score (nSPS) is 10.3. The number of hydrogen-bond donors (Lipinski definition) is 2. The van der Waals surface area contributed by atoms with E-state index in [-0.39, 0.29) is 11.9 Å². The van der Waals surface area contributed by atoms with Crippen LogP contribution in [0.25, 0.3) is 0 Å². The first-order valence-corrected chi connectivity index (χ1v) is 7.66. The van der Waals surface area contributed by atoms with Crippen LogP contribution < -0.4 is 11.1 Å². The number of nitrogens with zero attached hydrogens (tertiary/aromatic N) is 1. The smallest absolute Gasteiger partial charge is 0.268 e. The zero-order valence-electron chi connectivity index (χ0n) is 12.2. The van der Waals surface area contributed by atoms with Gasteiger partial charge >= 0.3 is 0 Å². The third-order valence-electron chi connectivity index (χ3n) is 2.97. The van der Waals surface area contributed by atoms with Crippen molar-refractivity contribution in [1.82, 2.24) is 9.88 Å². The van der Waals surface area contributed by atoms with Crippen LogP contribution in [0.1, 0.15) is 40.1 Å². The predicted octanol–water partition coefficient (Wildman–Crippen LogP) is 2.37. The van der Waals surface area contributed by atoms with E-state index in [4.69, 9.17) is 5.73 Å². The summed E-state index contributed by atoms with van der Waals surface area (Å²) in [6, 6.07) is 7.92. The van der Waals surface area contributed by atoms with Crippen molar-refractivity contribution in [3.8, 4) is 11.8 Å². The van der Waals surface area contributed by atoms with Crippen LogP contribution in [0.2, 0.25) is 0 Å². The van der Waals surface area contributed by atoms with Gasteiger partial charge in [0, 0.05) is 17.1 Å². The molecule has 2 rings (SSSR count). The molecule has 3 N–H and O–H groups in total. The first-order valence-electron chi connectivity index (χ1n) is 6.84. The van der Waals surface area contributed by atoms with E-state index in [0.717, 1.165) is 9.75 Å². The van der Waals surface area contributed by atoms with Crippen molar-refractivity contribution in [2.75, 3.05) is 6.54 Å².